The van der Waals surface area contributed by atoms with Crippen molar-refractivity contribution in [1.29, 1.82) is 0 Å². The zero-order valence-electron chi connectivity index (χ0n) is 17.4. The minimum absolute atomic E-state index is 0. The molecule has 0 saturated carbocycles. The normalized spacial score (nSPS) is 7.80. The van der Waals surface area contributed by atoms with Crippen LogP contribution in [0, 0.1) is 0 Å². The molecule has 0 unspecified atom stereocenters. The molecule has 146 valence electrons. The zero-order chi connectivity index (χ0) is 18.9. The van der Waals surface area contributed by atoms with Gasteiger partial charge >= 0.3 is 0 Å². The van der Waals surface area contributed by atoms with Crippen LogP contribution in [0.3, 0.4) is 0 Å². The first-order valence-corrected chi connectivity index (χ1v) is 8.72. The molecule has 2 aromatic rings. The second-order valence-electron chi connectivity index (χ2n) is 4.51. The van der Waals surface area contributed by atoms with E-state index in [-0.39, 0.29) is 21.7 Å². The molecule has 0 aliphatic heterocycles. The minimum atomic E-state index is 0. The van der Waals surface area contributed by atoms with E-state index < -0.39 is 0 Å². The topological polar surface area (TPSA) is 42.3 Å². The number of hydrogen-bond acceptors (Lipinski definition) is 0. The second kappa shape index (κ2) is 34.6. The van der Waals surface area contributed by atoms with Gasteiger partial charge in [0, 0.05) is 21.7 Å². The number of nitrogens with zero attached hydrogens (tertiary/aromatic N) is 3. The van der Waals surface area contributed by atoms with E-state index in [1.54, 1.807) is 21.1 Å². The quantitative estimate of drug-likeness (QED) is 0.435. The molecule has 4 heteroatoms. The first-order valence-electron chi connectivity index (χ1n) is 8.72. The summed E-state index contributed by atoms with van der Waals surface area (Å²) in [5.41, 5.74) is 1.43. The maximum absolute atomic E-state index is 3.74. The van der Waals surface area contributed by atoms with Crippen molar-refractivity contribution in [2.24, 2.45) is 0 Å². The average molecular weight is 380 g/mol. The van der Waals surface area contributed by atoms with E-state index in [1.165, 1.54) is 5.56 Å². The van der Waals surface area contributed by atoms with Gasteiger partial charge in [-0.3, -0.25) is 0 Å². The minimum Gasteiger partial charge on any atom is -0.665 e. The molecule has 25 heavy (non-hydrogen) atoms. The van der Waals surface area contributed by atoms with Crippen molar-refractivity contribution in [3.8, 4) is 0 Å². The number of aryl methyl sites for hydroxylation is 1. The Morgan fingerprint density at radius 1 is 0.680 bits per heavy atom. The van der Waals surface area contributed by atoms with Gasteiger partial charge in [0.1, 0.15) is 0 Å². The third-order valence-electron chi connectivity index (χ3n) is 2.64. The first-order chi connectivity index (χ1) is 11.7. The third kappa shape index (κ3) is 39.8. The molecule has 2 aromatic carbocycles. The van der Waals surface area contributed by atoms with E-state index in [0.717, 1.165) is 26.1 Å². The summed E-state index contributed by atoms with van der Waals surface area (Å²) in [4.78, 5) is 0. The zero-order valence-corrected chi connectivity index (χ0v) is 18.9. The third-order valence-corrected chi connectivity index (χ3v) is 2.64. The molecule has 0 N–H and O–H groups in total. The van der Waals surface area contributed by atoms with E-state index in [0.29, 0.717) is 0 Å². The van der Waals surface area contributed by atoms with E-state index in [2.05, 4.69) is 47.1 Å². The van der Waals surface area contributed by atoms with Gasteiger partial charge in [0.25, 0.3) is 0 Å². The molecule has 0 atom stereocenters. The van der Waals surface area contributed by atoms with Crippen LogP contribution in [0.1, 0.15) is 33.3 Å². The molecule has 0 heterocycles. The molecule has 0 spiro atoms. The molecule has 0 amide bonds. The Balaban J connectivity index is -0.000000112. The summed E-state index contributed by atoms with van der Waals surface area (Å²) in [6.45, 7) is 11.0. The van der Waals surface area contributed by atoms with Crippen molar-refractivity contribution in [3.05, 3.63) is 76.1 Å². The summed E-state index contributed by atoms with van der Waals surface area (Å²) in [7, 11) is 5.42. The van der Waals surface area contributed by atoms with E-state index in [4.69, 9.17) is 0 Å². The molecule has 0 bridgehead atoms. The standard InChI is InChI=1S/C7H9.C5H5.3C3H8N.Ti/c1-2-7-5-3-4-6-7;1-2-4-5-3-1;3*1-3-4-2;/h3-6H,2H2,1H3;1-5H;3*3H2,1-2H3;/q5*-1;. The monoisotopic (exact) mass is 380 g/mol. The van der Waals surface area contributed by atoms with Gasteiger partial charge in [-0.15, -0.1) is 0 Å². The Labute approximate surface area is 172 Å². The number of rotatable bonds is 4. The van der Waals surface area contributed by atoms with Crippen LogP contribution < -0.4 is 0 Å². The van der Waals surface area contributed by atoms with Crippen LogP contribution in [0.4, 0.5) is 0 Å². The molecule has 0 aliphatic carbocycles. The van der Waals surface area contributed by atoms with Gasteiger partial charge in [0.15, 0.2) is 0 Å². The summed E-state index contributed by atoms with van der Waals surface area (Å²) < 4.78 is 0. The molecule has 0 aromatic heterocycles. The van der Waals surface area contributed by atoms with Gasteiger partial charge in [-0.1, -0.05) is 34.1 Å². The van der Waals surface area contributed by atoms with E-state index in [1.807, 2.05) is 51.1 Å². The van der Waals surface area contributed by atoms with Crippen LogP contribution in [0.5, 0.6) is 0 Å². The van der Waals surface area contributed by atoms with Crippen LogP contribution in [0.15, 0.2) is 54.6 Å². The Bertz CT molecular complexity index is 312. The summed E-state index contributed by atoms with van der Waals surface area (Å²) in [5.74, 6) is 0. The molecule has 0 fully saturated rings. The van der Waals surface area contributed by atoms with E-state index >= 15 is 0 Å². The Morgan fingerprint density at radius 2 is 1.00 bits per heavy atom. The second-order valence-corrected chi connectivity index (χ2v) is 4.51. The fourth-order valence-electron chi connectivity index (χ4n) is 0.970. The fraction of sp³-hybridized carbons (Fsp3) is 0.524. The van der Waals surface area contributed by atoms with Crippen molar-refractivity contribution in [3.63, 3.8) is 0 Å². The van der Waals surface area contributed by atoms with Gasteiger partial charge in [0.05, 0.1) is 0 Å². The van der Waals surface area contributed by atoms with Crippen LogP contribution in [-0.4, -0.2) is 40.8 Å². The Kier molecular flexibility index (Phi) is 44.3. The summed E-state index contributed by atoms with van der Waals surface area (Å²) >= 11 is 0. The van der Waals surface area contributed by atoms with Crippen LogP contribution in [0.2, 0.25) is 0 Å². The van der Waals surface area contributed by atoms with Crippen LogP contribution in [-0.2, 0) is 28.1 Å². The van der Waals surface area contributed by atoms with E-state index in [9.17, 15) is 0 Å². The maximum atomic E-state index is 3.74. The predicted octanol–water partition coefficient (Wildman–Crippen LogP) is 6.40. The van der Waals surface area contributed by atoms with Gasteiger partial charge in [-0.05, 0) is 0 Å². The van der Waals surface area contributed by atoms with Crippen molar-refractivity contribution >= 4 is 0 Å². The Hall–Kier alpha value is -0.706. The molecule has 0 radical (unpaired) electrons. The van der Waals surface area contributed by atoms with Gasteiger partial charge in [-0.25, -0.2) is 24.3 Å². The molecule has 0 saturated heterocycles. The summed E-state index contributed by atoms with van der Waals surface area (Å²) in [6.07, 6.45) is 1.16. The van der Waals surface area contributed by atoms with Gasteiger partial charge < -0.3 is 16.0 Å². The predicted molar refractivity (Wildman–Crippen MR) is 113 cm³/mol. The summed E-state index contributed by atoms with van der Waals surface area (Å²) in [6, 6.07) is 18.4. The SMILES string of the molecule is CC[N-]C.CC[N-]C.CC[N-]C.CC[c-]1cccc1.[Ti].c1cc[cH-]c1. The fourth-order valence-corrected chi connectivity index (χ4v) is 0.970. The first kappa shape index (κ1) is 32.0. The van der Waals surface area contributed by atoms with Crippen molar-refractivity contribution in [2.45, 2.75) is 34.1 Å². The summed E-state index contributed by atoms with van der Waals surface area (Å²) in [5, 5.41) is 11.2. The largest absolute Gasteiger partial charge is 0.665 e. The van der Waals surface area contributed by atoms with Crippen molar-refractivity contribution in [2.75, 3.05) is 40.8 Å². The molecular weight excluding hydrogens is 342 g/mol. The molecular formula is C21H38N3Ti-5. The average Bonchev–Trinajstić information content (AvgIpc) is 3.38. The van der Waals surface area contributed by atoms with Crippen molar-refractivity contribution < 1.29 is 21.7 Å². The Morgan fingerprint density at radius 3 is 1.12 bits per heavy atom. The van der Waals surface area contributed by atoms with Crippen LogP contribution >= 0.6 is 0 Å². The van der Waals surface area contributed by atoms with Crippen molar-refractivity contribution in [1.82, 2.24) is 0 Å². The molecule has 2 rings (SSSR count). The smallest absolute Gasteiger partial charge is 0 e. The number of hydrogen-bond donors (Lipinski definition) is 0. The molecule has 0 aliphatic rings. The van der Waals surface area contributed by atoms with Crippen LogP contribution in [0.25, 0.3) is 16.0 Å². The molecule has 3 nitrogen and oxygen atoms in total. The van der Waals surface area contributed by atoms with Gasteiger partial charge in [-0.2, -0.15) is 76.7 Å². The maximum Gasteiger partial charge on any atom is 0 e. The van der Waals surface area contributed by atoms with Gasteiger partial charge in [0.2, 0.25) is 0 Å².